The van der Waals surface area contributed by atoms with Crippen LogP contribution in [0.25, 0.3) is 0 Å². The Morgan fingerprint density at radius 2 is 2.69 bits per heavy atom. The number of aliphatic carboxylic acids is 1. The molecule has 0 spiro atoms. The second-order valence-electron chi connectivity index (χ2n) is 2.46. The number of terminal acetylenes is 1. The van der Waals surface area contributed by atoms with Crippen molar-refractivity contribution in [1.29, 1.82) is 0 Å². The molecule has 68 valence electrons. The van der Waals surface area contributed by atoms with E-state index in [0.29, 0.717) is 6.42 Å². The highest BCUT2D eigenvalue weighted by Gasteiger charge is 2.16. The molecule has 0 aliphatic carbocycles. The molecule has 13 heavy (non-hydrogen) atoms. The zero-order chi connectivity index (χ0) is 9.68. The first-order chi connectivity index (χ1) is 6.24. The number of hydrogen-bond acceptors (Lipinski definition) is 3. The largest absolute Gasteiger partial charge is 0.480 e. The summed E-state index contributed by atoms with van der Waals surface area (Å²) in [5.74, 6) is -0.979. The first-order valence-corrected chi connectivity index (χ1v) is 3.65. The van der Waals surface area contributed by atoms with Crippen molar-refractivity contribution in [3.8, 4) is 12.5 Å². The van der Waals surface area contributed by atoms with Gasteiger partial charge in [0.15, 0.2) is 0 Å². The summed E-state index contributed by atoms with van der Waals surface area (Å²) in [7, 11) is 0. The van der Waals surface area contributed by atoms with Gasteiger partial charge < -0.3 is 15.4 Å². The summed E-state index contributed by atoms with van der Waals surface area (Å²) < 4.78 is 0. The van der Waals surface area contributed by atoms with Gasteiger partial charge in [-0.15, -0.1) is 0 Å². The van der Waals surface area contributed by atoms with Crippen LogP contribution in [0, 0.1) is 12.5 Å². The van der Waals surface area contributed by atoms with E-state index < -0.39 is 12.0 Å². The molecule has 0 unspecified atom stereocenters. The summed E-state index contributed by atoms with van der Waals surface area (Å²) in [6.07, 6.45) is 8.29. The van der Waals surface area contributed by atoms with Crippen LogP contribution in [0.3, 0.4) is 0 Å². The molecule has 1 rings (SSSR count). The minimum Gasteiger partial charge on any atom is -0.480 e. The Kier molecular flexibility index (Phi) is 2.92. The summed E-state index contributed by atoms with van der Waals surface area (Å²) >= 11 is 0. The Morgan fingerprint density at radius 1 is 1.92 bits per heavy atom. The van der Waals surface area contributed by atoms with E-state index in [1.165, 1.54) is 6.33 Å². The van der Waals surface area contributed by atoms with Gasteiger partial charge in [0.1, 0.15) is 6.04 Å². The van der Waals surface area contributed by atoms with Gasteiger partial charge in [0.25, 0.3) is 0 Å². The first kappa shape index (κ1) is 9.13. The van der Waals surface area contributed by atoms with Crippen molar-refractivity contribution < 1.29 is 9.90 Å². The second-order valence-corrected chi connectivity index (χ2v) is 2.46. The summed E-state index contributed by atoms with van der Waals surface area (Å²) in [4.78, 5) is 17.2. The molecule has 0 aliphatic rings. The molecule has 0 fully saturated rings. The van der Waals surface area contributed by atoms with Gasteiger partial charge in [0, 0.05) is 24.4 Å². The lowest BCUT2D eigenvalue weighted by Crippen LogP contribution is -2.35. The third-order valence-corrected chi connectivity index (χ3v) is 1.53. The Bertz CT molecular complexity index is 313. The van der Waals surface area contributed by atoms with Crippen molar-refractivity contribution in [2.24, 2.45) is 0 Å². The molecular weight excluding hydrogens is 170 g/mol. The minimum atomic E-state index is -0.979. The molecule has 5 nitrogen and oxygen atoms in total. The predicted octanol–water partition coefficient (Wildman–Crippen LogP) is -0.414. The molecule has 0 saturated heterocycles. The number of aromatic amines is 1. The Hall–Kier alpha value is -1.96. The van der Waals surface area contributed by atoms with Crippen molar-refractivity contribution >= 4 is 5.97 Å². The van der Waals surface area contributed by atoms with Crippen LogP contribution in [0.1, 0.15) is 5.69 Å². The summed E-state index contributed by atoms with van der Waals surface area (Å²) in [5.41, 5.74) is 0.732. The number of aromatic nitrogens is 2. The molecule has 1 atom stereocenters. The number of hydrogen-bond donors (Lipinski definition) is 3. The molecule has 5 heteroatoms. The van der Waals surface area contributed by atoms with E-state index >= 15 is 0 Å². The molecule has 0 amide bonds. The number of H-pyrrole nitrogens is 1. The molecule has 0 aromatic carbocycles. The maximum atomic E-state index is 10.6. The van der Waals surface area contributed by atoms with Crippen LogP contribution in [0.4, 0.5) is 0 Å². The molecule has 1 aromatic rings. The lowest BCUT2D eigenvalue weighted by Gasteiger charge is -2.08. The third kappa shape index (κ3) is 2.52. The number of carboxylic acids is 1. The van der Waals surface area contributed by atoms with Gasteiger partial charge in [-0.2, -0.15) is 0 Å². The maximum Gasteiger partial charge on any atom is 0.327 e. The molecule has 0 bridgehead atoms. The van der Waals surface area contributed by atoms with Crippen LogP contribution in [0.15, 0.2) is 12.5 Å². The van der Waals surface area contributed by atoms with E-state index in [4.69, 9.17) is 11.5 Å². The van der Waals surface area contributed by atoms with Crippen LogP contribution in [0.5, 0.6) is 0 Å². The van der Waals surface area contributed by atoms with E-state index in [0.717, 1.165) is 5.69 Å². The lowest BCUT2D eigenvalue weighted by atomic mass is 10.2. The average Bonchev–Trinajstić information content (AvgIpc) is 2.56. The van der Waals surface area contributed by atoms with Gasteiger partial charge in [-0.05, 0) is 0 Å². The third-order valence-electron chi connectivity index (χ3n) is 1.53. The fraction of sp³-hybridized carbons (Fsp3) is 0.250. The molecule has 0 saturated carbocycles. The maximum absolute atomic E-state index is 10.6. The number of carboxylic acid groups (broad SMARTS) is 1. The van der Waals surface area contributed by atoms with E-state index in [2.05, 4.69) is 21.3 Å². The van der Waals surface area contributed by atoms with Crippen molar-refractivity contribution in [2.45, 2.75) is 12.5 Å². The minimum absolute atomic E-state index is 0.291. The van der Waals surface area contributed by atoms with Crippen molar-refractivity contribution in [3.63, 3.8) is 0 Å². The molecule has 0 aliphatic heterocycles. The molecule has 3 N–H and O–H groups in total. The SMILES string of the molecule is C#CN[C@@H](Cc1cnc[nH]1)C(=O)O. The average molecular weight is 179 g/mol. The zero-order valence-corrected chi connectivity index (χ0v) is 6.82. The van der Waals surface area contributed by atoms with E-state index in [1.807, 2.05) is 0 Å². The van der Waals surface area contributed by atoms with Crippen LogP contribution in [-0.4, -0.2) is 27.1 Å². The Balaban J connectivity index is 2.59. The standard InChI is InChI=1S/C8H9N3O2/c1-2-10-7(8(12)13)3-6-4-9-5-11-6/h1,4-5,7,10H,3H2,(H,9,11)(H,12,13)/t7-/m0/s1. The molecule has 0 radical (unpaired) electrons. The van der Waals surface area contributed by atoms with Crippen LogP contribution in [0.2, 0.25) is 0 Å². The predicted molar refractivity (Wildman–Crippen MR) is 45.7 cm³/mol. The van der Waals surface area contributed by atoms with Gasteiger partial charge >= 0.3 is 5.97 Å². The number of rotatable bonds is 4. The Morgan fingerprint density at radius 3 is 3.15 bits per heavy atom. The molecule has 1 aromatic heterocycles. The lowest BCUT2D eigenvalue weighted by molar-refractivity contribution is -0.139. The van der Waals surface area contributed by atoms with Crippen molar-refractivity contribution in [3.05, 3.63) is 18.2 Å². The highest BCUT2D eigenvalue weighted by molar-refractivity contribution is 5.74. The quantitative estimate of drug-likeness (QED) is 0.433. The zero-order valence-electron chi connectivity index (χ0n) is 6.82. The van der Waals surface area contributed by atoms with Gasteiger partial charge in [-0.25, -0.2) is 9.78 Å². The number of carbonyl (C=O) groups is 1. The van der Waals surface area contributed by atoms with Crippen LogP contribution >= 0.6 is 0 Å². The summed E-state index contributed by atoms with van der Waals surface area (Å²) in [5, 5.41) is 11.1. The Labute approximate surface area is 75.2 Å². The van der Waals surface area contributed by atoms with Gasteiger partial charge in [-0.1, -0.05) is 6.42 Å². The van der Waals surface area contributed by atoms with Gasteiger partial charge in [0.05, 0.1) is 6.33 Å². The fourth-order valence-corrected chi connectivity index (χ4v) is 0.917. The summed E-state index contributed by atoms with van der Waals surface area (Å²) in [6, 6.07) is 1.32. The van der Waals surface area contributed by atoms with Crippen LogP contribution < -0.4 is 5.32 Å². The highest BCUT2D eigenvalue weighted by Crippen LogP contribution is 1.97. The van der Waals surface area contributed by atoms with Crippen molar-refractivity contribution in [1.82, 2.24) is 15.3 Å². The van der Waals surface area contributed by atoms with Crippen LogP contribution in [-0.2, 0) is 11.2 Å². The second kappa shape index (κ2) is 4.16. The van der Waals surface area contributed by atoms with E-state index in [1.54, 1.807) is 6.20 Å². The highest BCUT2D eigenvalue weighted by atomic mass is 16.4. The van der Waals surface area contributed by atoms with Gasteiger partial charge in [0.2, 0.25) is 0 Å². The normalized spacial score (nSPS) is 11.6. The van der Waals surface area contributed by atoms with Crippen molar-refractivity contribution in [2.75, 3.05) is 0 Å². The monoisotopic (exact) mass is 179 g/mol. The fourth-order valence-electron chi connectivity index (χ4n) is 0.917. The van der Waals surface area contributed by atoms with Gasteiger partial charge in [-0.3, -0.25) is 0 Å². The topological polar surface area (TPSA) is 78.0 Å². The van der Waals surface area contributed by atoms with E-state index in [-0.39, 0.29) is 0 Å². The number of nitrogens with zero attached hydrogens (tertiary/aromatic N) is 1. The number of nitrogens with one attached hydrogen (secondary N) is 2. The van der Waals surface area contributed by atoms with E-state index in [9.17, 15) is 4.79 Å². The molecular formula is C8H9N3O2. The summed E-state index contributed by atoms with van der Waals surface area (Å²) in [6.45, 7) is 0. The first-order valence-electron chi connectivity index (χ1n) is 3.65. The number of imidazole rings is 1. The molecule has 1 heterocycles. The smallest absolute Gasteiger partial charge is 0.327 e.